The van der Waals surface area contributed by atoms with Crippen LogP contribution in [0.5, 0.6) is 5.75 Å². The maximum absolute atomic E-state index is 13.1. The van der Waals surface area contributed by atoms with Crippen molar-refractivity contribution in [3.8, 4) is 5.75 Å². The molecule has 9 heteroatoms. The smallest absolute Gasteiger partial charge is 0.279 e. The van der Waals surface area contributed by atoms with Gasteiger partial charge in [0.2, 0.25) is 10.0 Å². The first-order chi connectivity index (χ1) is 16.3. The lowest BCUT2D eigenvalue weighted by Crippen LogP contribution is -2.33. The molecule has 0 radical (unpaired) electrons. The molecule has 1 amide bonds. The minimum Gasteiger partial charge on any atom is -0.494 e. The van der Waals surface area contributed by atoms with E-state index in [1.165, 1.54) is 35.6 Å². The van der Waals surface area contributed by atoms with E-state index in [1.807, 2.05) is 50.6 Å². The second-order valence-electron chi connectivity index (χ2n) is 8.06. The molecule has 0 aliphatic rings. The molecule has 0 aliphatic heterocycles. The second-order valence-corrected chi connectivity index (χ2v) is 11.0. The van der Waals surface area contributed by atoms with Gasteiger partial charge in [0.25, 0.3) is 5.91 Å². The predicted octanol–water partition coefficient (Wildman–Crippen LogP) is 4.97. The zero-order valence-electron chi connectivity index (χ0n) is 20.3. The molecule has 3 rings (SSSR count). The van der Waals surface area contributed by atoms with E-state index in [4.69, 9.17) is 4.74 Å². The third kappa shape index (κ3) is 5.95. The van der Waals surface area contributed by atoms with E-state index in [1.54, 1.807) is 4.31 Å². The molecule has 7 nitrogen and oxygen atoms in total. The summed E-state index contributed by atoms with van der Waals surface area (Å²) in [5.41, 5.74) is 1.31. The Balaban J connectivity index is 1.86. The van der Waals surface area contributed by atoms with Gasteiger partial charge in [-0.25, -0.2) is 8.42 Å². The molecule has 0 bridgehead atoms. The Kier molecular flexibility index (Phi) is 9.04. The number of carbonyl (C=O) groups is 1. The molecule has 0 aliphatic carbocycles. The number of nitrogens with zero attached hydrogens (tertiary/aromatic N) is 3. The van der Waals surface area contributed by atoms with Crippen molar-refractivity contribution in [1.29, 1.82) is 0 Å². The standard InChI is InChI=1S/C25H33N3O4S2/c1-5-8-16-28(17-9-6-2)34(30,31)21-13-10-19(11-14-21)24(29)26-25-27(4)22-15-12-20(32-7-3)18-23(22)33-25/h10-15,18H,5-9,16-17H2,1-4H3. The van der Waals surface area contributed by atoms with Crippen LogP contribution in [0.1, 0.15) is 56.8 Å². The number of thiazole rings is 1. The van der Waals surface area contributed by atoms with Crippen LogP contribution < -0.4 is 9.54 Å². The number of hydrogen-bond donors (Lipinski definition) is 0. The van der Waals surface area contributed by atoms with Gasteiger partial charge in [0.15, 0.2) is 4.80 Å². The number of amides is 1. The highest BCUT2D eigenvalue weighted by Gasteiger charge is 2.23. The van der Waals surface area contributed by atoms with Gasteiger partial charge in [0.1, 0.15) is 5.75 Å². The summed E-state index contributed by atoms with van der Waals surface area (Å²) in [6.45, 7) is 7.61. The van der Waals surface area contributed by atoms with Crippen molar-refractivity contribution in [3.05, 3.63) is 52.8 Å². The first-order valence-corrected chi connectivity index (χ1v) is 14.0. The monoisotopic (exact) mass is 503 g/mol. The van der Waals surface area contributed by atoms with Crippen molar-refractivity contribution in [2.75, 3.05) is 19.7 Å². The van der Waals surface area contributed by atoms with Crippen LogP contribution >= 0.6 is 11.3 Å². The highest BCUT2D eigenvalue weighted by atomic mass is 32.2. The van der Waals surface area contributed by atoms with Gasteiger partial charge in [0.05, 0.1) is 21.7 Å². The predicted molar refractivity (Wildman–Crippen MR) is 137 cm³/mol. The van der Waals surface area contributed by atoms with Crippen LogP contribution in [0.4, 0.5) is 0 Å². The zero-order valence-corrected chi connectivity index (χ0v) is 21.9. The van der Waals surface area contributed by atoms with Gasteiger partial charge in [-0.1, -0.05) is 38.0 Å². The van der Waals surface area contributed by atoms with Gasteiger partial charge in [-0.2, -0.15) is 9.30 Å². The molecule has 0 saturated carbocycles. The number of aromatic nitrogens is 1. The Morgan fingerprint density at radius 3 is 2.26 bits per heavy atom. The molecular formula is C25H33N3O4S2. The first-order valence-electron chi connectivity index (χ1n) is 11.7. The van der Waals surface area contributed by atoms with Crippen molar-refractivity contribution in [2.24, 2.45) is 12.0 Å². The molecule has 34 heavy (non-hydrogen) atoms. The first kappa shape index (κ1) is 26.1. The third-order valence-electron chi connectivity index (χ3n) is 5.55. The molecule has 0 atom stereocenters. The van der Waals surface area contributed by atoms with E-state index in [2.05, 4.69) is 4.99 Å². The fraction of sp³-hybridized carbons (Fsp3) is 0.440. The van der Waals surface area contributed by atoms with Crippen LogP contribution in [0.2, 0.25) is 0 Å². The fourth-order valence-corrected chi connectivity index (χ4v) is 6.13. The molecule has 0 spiro atoms. The minimum atomic E-state index is -3.60. The van der Waals surface area contributed by atoms with Gasteiger partial charge in [0, 0.05) is 25.7 Å². The fourth-order valence-electron chi connectivity index (χ4n) is 3.57. The number of hydrogen-bond acceptors (Lipinski definition) is 5. The van der Waals surface area contributed by atoms with Crippen LogP contribution in [0.25, 0.3) is 10.2 Å². The van der Waals surface area contributed by atoms with Crippen LogP contribution in [-0.4, -0.2) is 42.9 Å². The summed E-state index contributed by atoms with van der Waals surface area (Å²) < 4.78 is 36.2. The van der Waals surface area contributed by atoms with E-state index in [0.29, 0.717) is 30.1 Å². The Morgan fingerprint density at radius 1 is 1.03 bits per heavy atom. The van der Waals surface area contributed by atoms with Gasteiger partial charge < -0.3 is 9.30 Å². The summed E-state index contributed by atoms with van der Waals surface area (Å²) in [6, 6.07) is 11.9. The van der Waals surface area contributed by atoms with Crippen LogP contribution in [0, 0.1) is 0 Å². The Labute approximate surface area is 205 Å². The molecule has 184 valence electrons. The van der Waals surface area contributed by atoms with Crippen molar-refractivity contribution in [2.45, 2.75) is 51.3 Å². The number of ether oxygens (including phenoxy) is 1. The van der Waals surface area contributed by atoms with E-state index in [9.17, 15) is 13.2 Å². The van der Waals surface area contributed by atoms with E-state index < -0.39 is 15.9 Å². The highest BCUT2D eigenvalue weighted by Crippen LogP contribution is 2.23. The van der Waals surface area contributed by atoms with Crippen LogP contribution in [-0.2, 0) is 17.1 Å². The lowest BCUT2D eigenvalue weighted by molar-refractivity contribution is 0.0998. The van der Waals surface area contributed by atoms with Crippen molar-refractivity contribution < 1.29 is 17.9 Å². The molecule has 3 aromatic rings. The average Bonchev–Trinajstić information content (AvgIpc) is 3.13. The minimum absolute atomic E-state index is 0.201. The third-order valence-corrected chi connectivity index (χ3v) is 8.56. The number of benzene rings is 2. The Hall–Kier alpha value is -2.49. The summed E-state index contributed by atoms with van der Waals surface area (Å²) in [7, 11) is -1.74. The lowest BCUT2D eigenvalue weighted by atomic mass is 10.2. The molecule has 1 aromatic heterocycles. The largest absolute Gasteiger partial charge is 0.494 e. The maximum Gasteiger partial charge on any atom is 0.279 e. The number of sulfonamides is 1. The number of fused-ring (bicyclic) bond motifs is 1. The van der Waals surface area contributed by atoms with E-state index in [0.717, 1.165) is 41.6 Å². The summed E-state index contributed by atoms with van der Waals surface area (Å²) in [5.74, 6) is 0.364. The summed E-state index contributed by atoms with van der Waals surface area (Å²) in [6.07, 6.45) is 3.48. The van der Waals surface area contributed by atoms with Crippen molar-refractivity contribution >= 4 is 37.5 Å². The summed E-state index contributed by atoms with van der Waals surface area (Å²) in [4.78, 5) is 17.9. The van der Waals surface area contributed by atoms with Gasteiger partial charge in [-0.15, -0.1) is 0 Å². The van der Waals surface area contributed by atoms with E-state index >= 15 is 0 Å². The van der Waals surface area contributed by atoms with Crippen molar-refractivity contribution in [1.82, 2.24) is 8.87 Å². The Bertz CT molecular complexity index is 1280. The second kappa shape index (κ2) is 11.8. The molecule has 1 heterocycles. The number of unbranched alkanes of at least 4 members (excludes halogenated alkanes) is 2. The summed E-state index contributed by atoms with van der Waals surface area (Å²) in [5, 5.41) is 0. The maximum atomic E-state index is 13.1. The molecule has 2 aromatic carbocycles. The zero-order chi connectivity index (χ0) is 24.7. The summed E-state index contributed by atoms with van der Waals surface area (Å²) >= 11 is 1.41. The normalized spacial score (nSPS) is 12.6. The molecule has 0 unspecified atom stereocenters. The molecule has 0 N–H and O–H groups in total. The van der Waals surface area contributed by atoms with Gasteiger partial charge >= 0.3 is 0 Å². The van der Waals surface area contributed by atoms with Crippen molar-refractivity contribution in [3.63, 3.8) is 0 Å². The quantitative estimate of drug-likeness (QED) is 0.370. The number of rotatable bonds is 11. The van der Waals surface area contributed by atoms with Gasteiger partial charge in [-0.3, -0.25) is 4.79 Å². The topological polar surface area (TPSA) is 81.0 Å². The van der Waals surface area contributed by atoms with E-state index in [-0.39, 0.29) is 4.90 Å². The Morgan fingerprint density at radius 2 is 1.68 bits per heavy atom. The molecule has 0 fully saturated rings. The molecular weight excluding hydrogens is 470 g/mol. The molecule has 0 saturated heterocycles. The SMILES string of the molecule is CCCCN(CCCC)S(=O)(=O)c1ccc(C(=O)N=c2sc3cc(OCC)ccc3n2C)cc1. The lowest BCUT2D eigenvalue weighted by Gasteiger charge is -2.22. The number of carbonyl (C=O) groups excluding carboxylic acids is 1. The van der Waals surface area contributed by atoms with Gasteiger partial charge in [-0.05, 0) is 62.2 Å². The van der Waals surface area contributed by atoms with Crippen LogP contribution in [0.3, 0.4) is 0 Å². The number of aryl methyl sites for hydroxylation is 1. The average molecular weight is 504 g/mol. The van der Waals surface area contributed by atoms with Crippen LogP contribution in [0.15, 0.2) is 52.4 Å². The highest BCUT2D eigenvalue weighted by molar-refractivity contribution is 7.89.